The summed E-state index contributed by atoms with van der Waals surface area (Å²) in [6.07, 6.45) is 1.87. The number of unbranched alkanes of at least 4 members (excludes halogenated alkanes) is 1. The van der Waals surface area contributed by atoms with Gasteiger partial charge in [-0.15, -0.1) is 0 Å². The number of halogens is 1. The van der Waals surface area contributed by atoms with Crippen LogP contribution in [0, 0.1) is 0 Å². The lowest BCUT2D eigenvalue weighted by Gasteiger charge is -2.15. The molecule has 0 bridgehead atoms. The maximum atomic E-state index is 10.3. The second-order valence-corrected chi connectivity index (χ2v) is 4.90. The topological polar surface area (TPSA) is 49.3 Å². The van der Waals surface area contributed by atoms with Crippen molar-refractivity contribution < 1.29 is 9.90 Å². The van der Waals surface area contributed by atoms with Crippen molar-refractivity contribution >= 4 is 21.9 Å². The van der Waals surface area contributed by atoms with E-state index in [0.29, 0.717) is 0 Å². The van der Waals surface area contributed by atoms with Crippen LogP contribution in [0.4, 0.5) is 0 Å². The van der Waals surface area contributed by atoms with Gasteiger partial charge in [-0.25, -0.2) is 0 Å². The molecule has 0 spiro atoms. The predicted molar refractivity (Wildman–Crippen MR) is 72.0 cm³/mol. The summed E-state index contributed by atoms with van der Waals surface area (Å²) in [6.45, 7) is 2.95. The fraction of sp³-hybridized carbons (Fsp3) is 0.462. The molecular weight excluding hydrogens is 282 g/mol. The van der Waals surface area contributed by atoms with Crippen LogP contribution in [0.15, 0.2) is 28.7 Å². The lowest BCUT2D eigenvalue weighted by atomic mass is 10.1. The lowest BCUT2D eigenvalue weighted by molar-refractivity contribution is -0.137. The standard InChI is InChI=1S/C13H18BrNO2/c1-10(11-6-2-3-7-12(11)14)15-9-5-4-8-13(16)17/h2-3,6-7,10,15H,4-5,8-9H2,1H3,(H,16,17)/t10-/m1/s1. The molecule has 4 heteroatoms. The third kappa shape index (κ3) is 5.33. The van der Waals surface area contributed by atoms with Crippen LogP contribution < -0.4 is 5.32 Å². The molecule has 0 aliphatic heterocycles. The van der Waals surface area contributed by atoms with Crippen molar-refractivity contribution in [3.05, 3.63) is 34.3 Å². The molecule has 0 fully saturated rings. The van der Waals surface area contributed by atoms with Crippen LogP contribution in [0.1, 0.15) is 37.8 Å². The van der Waals surface area contributed by atoms with Crippen molar-refractivity contribution in [2.45, 2.75) is 32.2 Å². The smallest absolute Gasteiger partial charge is 0.303 e. The van der Waals surface area contributed by atoms with E-state index in [4.69, 9.17) is 5.11 Å². The minimum absolute atomic E-state index is 0.255. The van der Waals surface area contributed by atoms with Crippen LogP contribution in [0.3, 0.4) is 0 Å². The van der Waals surface area contributed by atoms with Gasteiger partial charge in [-0.05, 0) is 37.9 Å². The predicted octanol–water partition coefficient (Wildman–Crippen LogP) is 3.35. The van der Waals surface area contributed by atoms with Gasteiger partial charge in [0.15, 0.2) is 0 Å². The van der Waals surface area contributed by atoms with Crippen LogP contribution >= 0.6 is 15.9 Å². The van der Waals surface area contributed by atoms with Gasteiger partial charge in [-0.3, -0.25) is 4.79 Å². The Morgan fingerprint density at radius 1 is 1.41 bits per heavy atom. The molecule has 3 nitrogen and oxygen atoms in total. The zero-order valence-corrected chi connectivity index (χ0v) is 11.5. The molecule has 0 heterocycles. The van der Waals surface area contributed by atoms with Gasteiger partial charge in [0.2, 0.25) is 0 Å². The summed E-state index contributed by atoms with van der Waals surface area (Å²) in [4.78, 5) is 10.3. The summed E-state index contributed by atoms with van der Waals surface area (Å²) < 4.78 is 1.10. The number of rotatable bonds is 7. The maximum absolute atomic E-state index is 10.3. The first-order chi connectivity index (χ1) is 8.11. The molecule has 1 aromatic rings. The Bertz CT molecular complexity index is 368. The van der Waals surface area contributed by atoms with E-state index in [2.05, 4.69) is 34.2 Å². The summed E-state index contributed by atoms with van der Waals surface area (Å²) in [5, 5.41) is 11.9. The lowest BCUT2D eigenvalue weighted by Crippen LogP contribution is -2.20. The summed E-state index contributed by atoms with van der Waals surface area (Å²) in [6, 6.07) is 8.39. The van der Waals surface area contributed by atoms with E-state index >= 15 is 0 Å². The van der Waals surface area contributed by atoms with Crippen molar-refractivity contribution in [2.24, 2.45) is 0 Å². The van der Waals surface area contributed by atoms with Gasteiger partial charge in [0.05, 0.1) is 0 Å². The zero-order chi connectivity index (χ0) is 12.7. The molecule has 0 saturated carbocycles. The highest BCUT2D eigenvalue weighted by Crippen LogP contribution is 2.22. The van der Waals surface area contributed by atoms with Crippen molar-refractivity contribution in [3.63, 3.8) is 0 Å². The van der Waals surface area contributed by atoms with E-state index < -0.39 is 5.97 Å². The number of hydrogen-bond donors (Lipinski definition) is 2. The molecule has 0 aliphatic rings. The third-order valence-electron chi connectivity index (χ3n) is 2.64. The van der Waals surface area contributed by atoms with Gasteiger partial charge in [-0.1, -0.05) is 34.1 Å². The largest absolute Gasteiger partial charge is 0.481 e. The fourth-order valence-electron chi connectivity index (χ4n) is 1.66. The maximum Gasteiger partial charge on any atom is 0.303 e. The van der Waals surface area contributed by atoms with Gasteiger partial charge in [0.25, 0.3) is 0 Å². The van der Waals surface area contributed by atoms with Crippen LogP contribution in [0.5, 0.6) is 0 Å². The first-order valence-corrected chi connectivity index (χ1v) is 6.60. The number of carbonyl (C=O) groups is 1. The van der Waals surface area contributed by atoms with Crippen LogP contribution in [0.25, 0.3) is 0 Å². The summed E-state index contributed by atoms with van der Waals surface area (Å²) in [5.41, 5.74) is 1.23. The second kappa shape index (κ2) is 7.45. The van der Waals surface area contributed by atoms with Gasteiger partial charge in [0.1, 0.15) is 0 Å². The Labute approximate surface area is 110 Å². The molecule has 0 unspecified atom stereocenters. The second-order valence-electron chi connectivity index (χ2n) is 4.05. The van der Waals surface area contributed by atoms with Crippen molar-refractivity contribution in [2.75, 3.05) is 6.54 Å². The summed E-state index contributed by atoms with van der Waals surface area (Å²) >= 11 is 3.52. The minimum atomic E-state index is -0.719. The van der Waals surface area contributed by atoms with Crippen LogP contribution in [-0.2, 0) is 4.79 Å². The quantitative estimate of drug-likeness (QED) is 0.759. The molecule has 17 heavy (non-hydrogen) atoms. The minimum Gasteiger partial charge on any atom is -0.481 e. The Morgan fingerprint density at radius 2 is 2.12 bits per heavy atom. The summed E-state index contributed by atoms with van der Waals surface area (Å²) in [7, 11) is 0. The van der Waals surface area contributed by atoms with E-state index in [1.807, 2.05) is 18.2 Å². The van der Waals surface area contributed by atoms with Crippen LogP contribution in [0.2, 0.25) is 0 Å². The monoisotopic (exact) mass is 299 g/mol. The van der Waals surface area contributed by atoms with Gasteiger partial charge >= 0.3 is 5.97 Å². The highest BCUT2D eigenvalue weighted by atomic mass is 79.9. The number of hydrogen-bond acceptors (Lipinski definition) is 2. The van der Waals surface area contributed by atoms with E-state index in [1.165, 1.54) is 5.56 Å². The highest BCUT2D eigenvalue weighted by Gasteiger charge is 2.07. The van der Waals surface area contributed by atoms with Gasteiger partial charge in [0, 0.05) is 16.9 Å². The zero-order valence-electron chi connectivity index (χ0n) is 9.95. The number of aliphatic carboxylic acids is 1. The molecule has 1 rings (SSSR count). The molecule has 0 radical (unpaired) electrons. The Kier molecular flexibility index (Phi) is 6.22. The SMILES string of the molecule is C[C@@H](NCCCCC(=O)O)c1ccccc1Br. The molecule has 2 N–H and O–H groups in total. The molecular formula is C13H18BrNO2. The Morgan fingerprint density at radius 3 is 2.76 bits per heavy atom. The molecule has 94 valence electrons. The van der Waals surface area contributed by atoms with Crippen molar-refractivity contribution in [1.29, 1.82) is 0 Å². The number of nitrogens with one attached hydrogen (secondary N) is 1. The molecule has 0 amide bonds. The Balaban J connectivity index is 2.28. The van der Waals surface area contributed by atoms with E-state index in [9.17, 15) is 4.79 Å². The Hall–Kier alpha value is -0.870. The molecule has 0 saturated heterocycles. The molecule has 0 aliphatic carbocycles. The average molecular weight is 300 g/mol. The van der Waals surface area contributed by atoms with E-state index in [1.54, 1.807) is 0 Å². The average Bonchev–Trinajstić information content (AvgIpc) is 2.28. The van der Waals surface area contributed by atoms with E-state index in [-0.39, 0.29) is 12.5 Å². The van der Waals surface area contributed by atoms with Crippen molar-refractivity contribution in [1.82, 2.24) is 5.32 Å². The van der Waals surface area contributed by atoms with Gasteiger partial charge in [-0.2, -0.15) is 0 Å². The van der Waals surface area contributed by atoms with Crippen LogP contribution in [-0.4, -0.2) is 17.6 Å². The highest BCUT2D eigenvalue weighted by molar-refractivity contribution is 9.10. The molecule has 1 atom stereocenters. The summed E-state index contributed by atoms with van der Waals surface area (Å²) in [5.74, 6) is -0.719. The van der Waals surface area contributed by atoms with Gasteiger partial charge < -0.3 is 10.4 Å². The normalized spacial score (nSPS) is 12.4. The van der Waals surface area contributed by atoms with E-state index in [0.717, 1.165) is 23.9 Å². The number of carboxylic acids is 1. The first kappa shape index (κ1) is 14.2. The van der Waals surface area contributed by atoms with Crippen molar-refractivity contribution in [3.8, 4) is 0 Å². The number of benzene rings is 1. The fourth-order valence-corrected chi connectivity index (χ4v) is 2.28. The number of carboxylic acid groups (broad SMARTS) is 1. The first-order valence-electron chi connectivity index (χ1n) is 5.81. The molecule has 0 aromatic heterocycles. The third-order valence-corrected chi connectivity index (χ3v) is 3.36. The molecule has 1 aromatic carbocycles.